The Labute approximate surface area is 122 Å². The maximum Gasteiger partial charge on any atom is 0.335 e. The number of aromatic carboxylic acids is 1. The van der Waals surface area contributed by atoms with Crippen LogP contribution in [0.2, 0.25) is 0 Å². The van der Waals surface area contributed by atoms with Gasteiger partial charge in [-0.3, -0.25) is 0 Å². The molecule has 106 valence electrons. The lowest BCUT2D eigenvalue weighted by molar-refractivity contribution is 0.0697. The minimum absolute atomic E-state index is 0.263. The molecule has 0 aliphatic carbocycles. The summed E-state index contributed by atoms with van der Waals surface area (Å²) in [5.41, 5.74) is 1.38. The van der Waals surface area contributed by atoms with E-state index in [1.807, 2.05) is 0 Å². The Balaban J connectivity index is 1.84. The molecule has 0 amide bonds. The topological polar surface area (TPSA) is 59.4 Å². The van der Waals surface area contributed by atoms with E-state index in [1.165, 1.54) is 12.1 Å². The molecule has 0 spiro atoms. The minimum Gasteiger partial charge on any atom is -0.493 e. The summed E-state index contributed by atoms with van der Waals surface area (Å²) in [6.07, 6.45) is 0.762. The van der Waals surface area contributed by atoms with Gasteiger partial charge in [-0.25, -0.2) is 9.78 Å². The molecule has 1 heterocycles. The summed E-state index contributed by atoms with van der Waals surface area (Å²) in [6.45, 7) is 4.79. The first kappa shape index (κ1) is 14.5. The number of carboxylic acids is 1. The van der Waals surface area contributed by atoms with Gasteiger partial charge >= 0.3 is 5.97 Å². The predicted octanol–water partition coefficient (Wildman–Crippen LogP) is 3.59. The third kappa shape index (κ3) is 3.81. The molecular weight excluding hydrogens is 274 g/mol. The quantitative estimate of drug-likeness (QED) is 0.883. The van der Waals surface area contributed by atoms with Crippen molar-refractivity contribution in [3.63, 3.8) is 0 Å². The summed E-state index contributed by atoms with van der Waals surface area (Å²) < 4.78 is 5.59. The lowest BCUT2D eigenvalue weighted by atomic mass is 10.2. The first-order chi connectivity index (χ1) is 9.56. The van der Waals surface area contributed by atoms with Crippen LogP contribution in [0.1, 0.15) is 40.8 Å². The Morgan fingerprint density at radius 3 is 2.60 bits per heavy atom. The highest BCUT2D eigenvalue weighted by Gasteiger charge is 2.06. The van der Waals surface area contributed by atoms with Gasteiger partial charge in [-0.1, -0.05) is 13.8 Å². The van der Waals surface area contributed by atoms with E-state index in [1.54, 1.807) is 23.5 Å². The molecule has 0 atom stereocenters. The number of hydrogen-bond acceptors (Lipinski definition) is 4. The number of thiazole rings is 1. The Morgan fingerprint density at radius 2 is 2.05 bits per heavy atom. The smallest absolute Gasteiger partial charge is 0.335 e. The second-order valence-corrected chi connectivity index (χ2v) is 5.69. The Morgan fingerprint density at radius 1 is 1.35 bits per heavy atom. The average Bonchev–Trinajstić information content (AvgIpc) is 2.88. The molecule has 0 fully saturated rings. The number of hydrogen-bond donors (Lipinski definition) is 1. The maximum atomic E-state index is 10.7. The van der Waals surface area contributed by atoms with Gasteiger partial charge in [0.15, 0.2) is 0 Å². The van der Waals surface area contributed by atoms with Gasteiger partial charge in [-0.2, -0.15) is 0 Å². The lowest BCUT2D eigenvalue weighted by Crippen LogP contribution is -2.02. The zero-order chi connectivity index (χ0) is 14.5. The van der Waals surface area contributed by atoms with Gasteiger partial charge in [0, 0.05) is 11.8 Å². The summed E-state index contributed by atoms with van der Waals surface area (Å²) >= 11 is 1.65. The van der Waals surface area contributed by atoms with E-state index in [0.717, 1.165) is 17.1 Å². The van der Waals surface area contributed by atoms with Crippen molar-refractivity contribution in [3.05, 3.63) is 45.9 Å². The van der Waals surface area contributed by atoms with Crippen LogP contribution in [0.15, 0.2) is 29.6 Å². The molecule has 4 nitrogen and oxygen atoms in total. The van der Waals surface area contributed by atoms with Crippen molar-refractivity contribution in [2.45, 2.75) is 26.2 Å². The van der Waals surface area contributed by atoms with Gasteiger partial charge in [-0.05, 0) is 30.2 Å². The van der Waals surface area contributed by atoms with E-state index in [2.05, 4.69) is 24.2 Å². The molecule has 2 aromatic rings. The van der Waals surface area contributed by atoms with Crippen LogP contribution in [0, 0.1) is 0 Å². The van der Waals surface area contributed by atoms with Gasteiger partial charge in [0.1, 0.15) is 5.75 Å². The third-order valence-corrected chi connectivity index (χ3v) is 3.77. The highest BCUT2D eigenvalue weighted by Crippen LogP contribution is 2.18. The average molecular weight is 291 g/mol. The Bertz CT molecular complexity index is 575. The van der Waals surface area contributed by atoms with Crippen LogP contribution >= 0.6 is 11.3 Å². The monoisotopic (exact) mass is 291 g/mol. The molecule has 0 saturated heterocycles. The fraction of sp³-hybridized carbons (Fsp3) is 0.333. The molecule has 5 heteroatoms. The van der Waals surface area contributed by atoms with Gasteiger partial charge in [-0.15, -0.1) is 11.3 Å². The van der Waals surface area contributed by atoms with Crippen LogP contribution in [0.5, 0.6) is 5.75 Å². The molecule has 2 rings (SSSR count). The number of benzene rings is 1. The van der Waals surface area contributed by atoms with E-state index in [-0.39, 0.29) is 5.56 Å². The van der Waals surface area contributed by atoms with Crippen LogP contribution in [0.4, 0.5) is 0 Å². The SMILES string of the molecule is CC(C)c1csc(CCOc2ccc(C(=O)O)cc2)n1. The zero-order valence-electron chi connectivity index (χ0n) is 11.5. The lowest BCUT2D eigenvalue weighted by Gasteiger charge is -2.05. The summed E-state index contributed by atoms with van der Waals surface area (Å²) in [4.78, 5) is 15.3. The fourth-order valence-electron chi connectivity index (χ4n) is 1.66. The van der Waals surface area contributed by atoms with Crippen molar-refractivity contribution < 1.29 is 14.6 Å². The molecule has 0 aliphatic heterocycles. The van der Waals surface area contributed by atoms with E-state index in [4.69, 9.17) is 9.84 Å². The second kappa shape index (κ2) is 6.52. The van der Waals surface area contributed by atoms with Gasteiger partial charge in [0.25, 0.3) is 0 Å². The predicted molar refractivity (Wildman–Crippen MR) is 78.8 cm³/mol. The summed E-state index contributed by atoms with van der Waals surface area (Å²) in [5, 5.41) is 12.0. The van der Waals surface area contributed by atoms with Crippen molar-refractivity contribution in [2.75, 3.05) is 6.61 Å². The summed E-state index contributed by atoms with van der Waals surface area (Å²) in [5.74, 6) is 0.195. The number of carbonyl (C=O) groups is 1. The fourth-order valence-corrected chi connectivity index (χ4v) is 2.60. The molecule has 1 aromatic carbocycles. The number of rotatable bonds is 6. The van der Waals surface area contributed by atoms with Crippen LogP contribution in [0.25, 0.3) is 0 Å². The standard InChI is InChI=1S/C15H17NO3S/c1-10(2)13-9-20-14(16-13)7-8-19-12-5-3-11(4-6-12)15(17)18/h3-6,9-10H,7-8H2,1-2H3,(H,17,18). The number of aromatic nitrogens is 1. The third-order valence-electron chi connectivity index (χ3n) is 2.85. The van der Waals surface area contributed by atoms with Gasteiger partial charge < -0.3 is 9.84 Å². The molecular formula is C15H17NO3S. The van der Waals surface area contributed by atoms with Crippen LogP contribution in [-0.2, 0) is 6.42 Å². The molecule has 0 unspecified atom stereocenters. The van der Waals surface area contributed by atoms with E-state index in [0.29, 0.717) is 18.3 Å². The van der Waals surface area contributed by atoms with Crippen molar-refractivity contribution in [3.8, 4) is 5.75 Å². The highest BCUT2D eigenvalue weighted by molar-refractivity contribution is 7.09. The van der Waals surface area contributed by atoms with Crippen LogP contribution in [0.3, 0.4) is 0 Å². The summed E-state index contributed by atoms with van der Waals surface area (Å²) in [7, 11) is 0. The maximum absolute atomic E-state index is 10.7. The Hall–Kier alpha value is -1.88. The molecule has 0 radical (unpaired) electrons. The van der Waals surface area contributed by atoms with Crippen molar-refractivity contribution in [1.82, 2.24) is 4.98 Å². The molecule has 0 saturated carbocycles. The molecule has 0 aliphatic rings. The van der Waals surface area contributed by atoms with Gasteiger partial charge in [0.05, 0.1) is 22.9 Å². The summed E-state index contributed by atoms with van der Waals surface area (Å²) in [6, 6.07) is 6.42. The molecule has 1 aromatic heterocycles. The van der Waals surface area contributed by atoms with Crippen molar-refractivity contribution >= 4 is 17.3 Å². The zero-order valence-corrected chi connectivity index (χ0v) is 12.3. The van der Waals surface area contributed by atoms with Crippen molar-refractivity contribution in [2.24, 2.45) is 0 Å². The first-order valence-electron chi connectivity index (χ1n) is 6.46. The van der Waals surface area contributed by atoms with Crippen molar-refractivity contribution in [1.29, 1.82) is 0 Å². The van der Waals surface area contributed by atoms with Crippen LogP contribution in [-0.4, -0.2) is 22.7 Å². The van der Waals surface area contributed by atoms with E-state index < -0.39 is 5.97 Å². The van der Waals surface area contributed by atoms with E-state index >= 15 is 0 Å². The molecule has 1 N–H and O–H groups in total. The Kier molecular flexibility index (Phi) is 4.74. The largest absolute Gasteiger partial charge is 0.493 e. The van der Waals surface area contributed by atoms with E-state index in [9.17, 15) is 4.79 Å². The molecule has 0 bridgehead atoms. The van der Waals surface area contributed by atoms with Gasteiger partial charge in [0.2, 0.25) is 0 Å². The number of ether oxygens (including phenoxy) is 1. The highest BCUT2D eigenvalue weighted by atomic mass is 32.1. The number of nitrogens with zero attached hydrogens (tertiary/aromatic N) is 1. The molecule has 20 heavy (non-hydrogen) atoms. The second-order valence-electron chi connectivity index (χ2n) is 4.75. The minimum atomic E-state index is -0.930. The number of carboxylic acid groups (broad SMARTS) is 1. The van der Waals surface area contributed by atoms with Crippen LogP contribution < -0.4 is 4.74 Å². The normalized spacial score (nSPS) is 10.8. The first-order valence-corrected chi connectivity index (χ1v) is 7.34.